The van der Waals surface area contributed by atoms with Crippen LogP contribution in [0.5, 0.6) is 5.75 Å². The monoisotopic (exact) mass is 509 g/mol. The van der Waals surface area contributed by atoms with Crippen molar-refractivity contribution in [1.29, 1.82) is 0 Å². The van der Waals surface area contributed by atoms with Gasteiger partial charge in [0.1, 0.15) is 18.0 Å². The van der Waals surface area contributed by atoms with E-state index in [9.17, 15) is 4.79 Å². The van der Waals surface area contributed by atoms with E-state index in [2.05, 4.69) is 10.4 Å². The van der Waals surface area contributed by atoms with Crippen LogP contribution < -0.4 is 10.1 Å². The highest BCUT2D eigenvalue weighted by Gasteiger charge is 2.16. The lowest BCUT2D eigenvalue weighted by Gasteiger charge is -2.14. The molecule has 0 atom stereocenters. The zero-order valence-electron chi connectivity index (χ0n) is 19.4. The summed E-state index contributed by atoms with van der Waals surface area (Å²) in [6.07, 6.45) is 1.77. The lowest BCUT2D eigenvalue weighted by molar-refractivity contribution is 0.0697. The minimum atomic E-state index is -0.922. The van der Waals surface area contributed by atoms with Crippen molar-refractivity contribution in [3.8, 4) is 11.4 Å². The van der Waals surface area contributed by atoms with Gasteiger partial charge in [-0.25, -0.2) is 9.48 Å². The van der Waals surface area contributed by atoms with Crippen molar-refractivity contribution >= 4 is 29.2 Å². The van der Waals surface area contributed by atoms with Crippen LogP contribution in [0, 0.1) is 13.8 Å². The minimum absolute atomic E-state index is 0.286. The van der Waals surface area contributed by atoms with Gasteiger partial charge in [-0.2, -0.15) is 5.10 Å². The summed E-state index contributed by atoms with van der Waals surface area (Å²) in [6.45, 7) is 5.67. The Morgan fingerprint density at radius 2 is 1.71 bits per heavy atom. The van der Waals surface area contributed by atoms with Crippen molar-refractivity contribution < 1.29 is 14.6 Å². The third-order valence-corrected chi connectivity index (χ3v) is 6.37. The molecule has 2 N–H and O–H groups in total. The highest BCUT2D eigenvalue weighted by atomic mass is 35.5. The Kier molecular flexibility index (Phi) is 7.76. The average molecular weight is 510 g/mol. The van der Waals surface area contributed by atoms with Crippen molar-refractivity contribution in [3.63, 3.8) is 0 Å². The molecule has 1 heterocycles. The molecular formula is C27H25Cl2N3O3. The number of ether oxygens (including phenoxy) is 1. The molecule has 0 radical (unpaired) electrons. The van der Waals surface area contributed by atoms with Crippen molar-refractivity contribution in [2.75, 3.05) is 0 Å². The maximum atomic E-state index is 11.0. The number of carbonyl (C=O) groups is 1. The summed E-state index contributed by atoms with van der Waals surface area (Å²) in [5, 5.41) is 17.9. The van der Waals surface area contributed by atoms with Gasteiger partial charge in [0.05, 0.1) is 27.5 Å². The molecule has 8 heteroatoms. The first-order valence-corrected chi connectivity index (χ1v) is 11.8. The molecule has 0 saturated carbocycles. The van der Waals surface area contributed by atoms with E-state index in [4.69, 9.17) is 33.0 Å². The maximum Gasteiger partial charge on any atom is 0.335 e. The Labute approximate surface area is 214 Å². The largest absolute Gasteiger partial charge is 0.487 e. The SMILES string of the molecule is Cc1cc(OCc2c(C)cnn2-c2c(Cl)cccc2Cl)ccc1CNCc1ccc(C(=O)O)cc1. The topological polar surface area (TPSA) is 76.4 Å². The predicted molar refractivity (Wildman–Crippen MR) is 138 cm³/mol. The van der Waals surface area contributed by atoms with Gasteiger partial charge in [0.25, 0.3) is 0 Å². The van der Waals surface area contributed by atoms with Gasteiger partial charge in [0, 0.05) is 13.1 Å². The Morgan fingerprint density at radius 1 is 1.00 bits per heavy atom. The predicted octanol–water partition coefficient (Wildman–Crippen LogP) is 6.36. The Morgan fingerprint density at radius 3 is 2.37 bits per heavy atom. The number of nitrogens with zero attached hydrogens (tertiary/aromatic N) is 2. The Bertz CT molecular complexity index is 1330. The van der Waals surface area contributed by atoms with Gasteiger partial charge in [-0.15, -0.1) is 0 Å². The summed E-state index contributed by atoms with van der Waals surface area (Å²) >= 11 is 12.8. The normalized spacial score (nSPS) is 11.0. The summed E-state index contributed by atoms with van der Waals surface area (Å²) in [6, 6.07) is 18.2. The number of hydrogen-bond acceptors (Lipinski definition) is 4. The van der Waals surface area contributed by atoms with Crippen molar-refractivity contribution in [1.82, 2.24) is 15.1 Å². The number of benzene rings is 3. The van der Waals surface area contributed by atoms with Crippen LogP contribution in [0.15, 0.2) is 66.9 Å². The number of aromatic carboxylic acids is 1. The van der Waals surface area contributed by atoms with E-state index >= 15 is 0 Å². The van der Waals surface area contributed by atoms with Crippen molar-refractivity contribution in [3.05, 3.63) is 110 Å². The molecule has 180 valence electrons. The third kappa shape index (κ3) is 5.85. The fourth-order valence-corrected chi connectivity index (χ4v) is 4.29. The van der Waals surface area contributed by atoms with Crippen LogP contribution in [0.3, 0.4) is 0 Å². The lowest BCUT2D eigenvalue weighted by Crippen LogP contribution is -2.13. The molecule has 0 spiro atoms. The number of para-hydroxylation sites is 1. The zero-order valence-corrected chi connectivity index (χ0v) is 20.9. The van der Waals surface area contributed by atoms with Crippen LogP contribution in [-0.2, 0) is 19.7 Å². The van der Waals surface area contributed by atoms with Crippen LogP contribution in [0.2, 0.25) is 10.0 Å². The van der Waals surface area contributed by atoms with E-state index < -0.39 is 5.97 Å². The highest BCUT2D eigenvalue weighted by Crippen LogP contribution is 2.30. The van der Waals surface area contributed by atoms with E-state index in [0.717, 1.165) is 33.7 Å². The summed E-state index contributed by atoms with van der Waals surface area (Å²) in [5.74, 6) is -0.164. The number of aromatic nitrogens is 2. The molecular weight excluding hydrogens is 485 g/mol. The van der Waals surface area contributed by atoms with Gasteiger partial charge in [0.2, 0.25) is 0 Å². The molecule has 1 aromatic heterocycles. The van der Waals surface area contributed by atoms with Crippen molar-refractivity contribution in [2.24, 2.45) is 0 Å². The summed E-state index contributed by atoms with van der Waals surface area (Å²) in [5.41, 5.74) is 6.07. The molecule has 0 fully saturated rings. The van der Waals surface area contributed by atoms with E-state index in [1.54, 1.807) is 41.2 Å². The lowest BCUT2D eigenvalue weighted by atomic mass is 10.1. The van der Waals surface area contributed by atoms with Gasteiger partial charge in [0.15, 0.2) is 0 Å². The van der Waals surface area contributed by atoms with Crippen LogP contribution in [0.1, 0.15) is 38.3 Å². The molecule has 35 heavy (non-hydrogen) atoms. The Balaban J connectivity index is 1.38. The third-order valence-electron chi connectivity index (χ3n) is 5.76. The van der Waals surface area contributed by atoms with Crippen LogP contribution in [0.4, 0.5) is 0 Å². The van der Waals surface area contributed by atoms with Crippen LogP contribution in [-0.4, -0.2) is 20.9 Å². The second kappa shape index (κ2) is 11.0. The number of aryl methyl sites for hydroxylation is 2. The molecule has 4 rings (SSSR count). The fourth-order valence-electron chi connectivity index (χ4n) is 3.73. The number of hydrogen-bond donors (Lipinski definition) is 2. The van der Waals surface area contributed by atoms with Gasteiger partial charge >= 0.3 is 5.97 Å². The fraction of sp³-hybridized carbons (Fsp3) is 0.185. The standard InChI is InChI=1S/C27H25Cl2N3O3/c1-17-12-22(11-10-21(17)15-30-14-19-6-8-20(9-7-19)27(33)34)35-16-25-18(2)13-31-32(25)26-23(28)4-3-5-24(26)29/h3-13,30H,14-16H2,1-2H3,(H,33,34). The summed E-state index contributed by atoms with van der Waals surface area (Å²) < 4.78 is 7.83. The van der Waals surface area contributed by atoms with Crippen LogP contribution >= 0.6 is 23.2 Å². The summed E-state index contributed by atoms with van der Waals surface area (Å²) in [7, 11) is 0. The molecule has 0 bridgehead atoms. The quantitative estimate of drug-likeness (QED) is 0.274. The Hall–Kier alpha value is -3.32. The van der Waals surface area contributed by atoms with Crippen LogP contribution in [0.25, 0.3) is 5.69 Å². The molecule has 4 aromatic rings. The molecule has 0 aliphatic heterocycles. The van der Waals surface area contributed by atoms with Gasteiger partial charge in [-0.1, -0.05) is 47.5 Å². The first-order valence-electron chi connectivity index (χ1n) is 11.1. The number of halogens is 2. The number of carboxylic acids is 1. The van der Waals surface area contributed by atoms with Gasteiger partial charge < -0.3 is 15.2 Å². The molecule has 0 saturated heterocycles. The first kappa shape index (κ1) is 24.8. The van der Waals surface area contributed by atoms with E-state index in [-0.39, 0.29) is 5.56 Å². The minimum Gasteiger partial charge on any atom is -0.487 e. The van der Waals surface area contributed by atoms with E-state index in [1.807, 2.05) is 44.2 Å². The summed E-state index contributed by atoms with van der Waals surface area (Å²) in [4.78, 5) is 11.0. The van der Waals surface area contributed by atoms with Crippen molar-refractivity contribution in [2.45, 2.75) is 33.5 Å². The number of carboxylic acid groups (broad SMARTS) is 1. The number of nitrogens with one attached hydrogen (secondary N) is 1. The highest BCUT2D eigenvalue weighted by molar-refractivity contribution is 6.37. The first-order chi connectivity index (χ1) is 16.8. The molecule has 0 aliphatic carbocycles. The average Bonchev–Trinajstić information content (AvgIpc) is 3.19. The molecule has 0 aliphatic rings. The second-order valence-corrected chi connectivity index (χ2v) is 9.05. The molecule has 6 nitrogen and oxygen atoms in total. The molecule has 0 unspecified atom stereocenters. The maximum absolute atomic E-state index is 11.0. The smallest absolute Gasteiger partial charge is 0.335 e. The van der Waals surface area contributed by atoms with Gasteiger partial charge in [-0.05, 0) is 72.5 Å². The van der Waals surface area contributed by atoms with Gasteiger partial charge in [-0.3, -0.25) is 0 Å². The molecule has 0 amide bonds. The number of rotatable bonds is 9. The second-order valence-electron chi connectivity index (χ2n) is 8.24. The zero-order chi connectivity index (χ0) is 24.9. The molecule has 3 aromatic carbocycles. The van der Waals surface area contributed by atoms with E-state index in [1.165, 1.54) is 0 Å². The van der Waals surface area contributed by atoms with E-state index in [0.29, 0.717) is 35.4 Å².